The van der Waals surface area contributed by atoms with E-state index < -0.39 is 10.0 Å². The first-order valence-electron chi connectivity index (χ1n) is 6.89. The van der Waals surface area contributed by atoms with Crippen LogP contribution in [0.15, 0.2) is 23.1 Å². The quantitative estimate of drug-likeness (QED) is 0.660. The highest BCUT2D eigenvalue weighted by Gasteiger charge is 2.20. The van der Waals surface area contributed by atoms with Crippen LogP contribution in [-0.4, -0.2) is 44.6 Å². The lowest BCUT2D eigenvalue weighted by molar-refractivity contribution is 0.267. The van der Waals surface area contributed by atoms with Crippen molar-refractivity contribution in [2.75, 3.05) is 31.8 Å². The number of hydrogen-bond donors (Lipinski definition) is 3. The summed E-state index contributed by atoms with van der Waals surface area (Å²) in [5, 5.41) is 12.3. The number of nitrogens with zero attached hydrogens (tertiary/aromatic N) is 1. The van der Waals surface area contributed by atoms with Crippen LogP contribution < -0.4 is 11.1 Å². The summed E-state index contributed by atoms with van der Waals surface area (Å²) in [6, 6.07) is 4.63. The fourth-order valence-corrected chi connectivity index (χ4v) is 2.87. The molecule has 1 aromatic carbocycles. The molecule has 0 saturated carbocycles. The lowest BCUT2D eigenvalue weighted by Crippen LogP contribution is -2.27. The summed E-state index contributed by atoms with van der Waals surface area (Å²) in [4.78, 5) is 0.190. The van der Waals surface area contributed by atoms with Crippen molar-refractivity contribution in [3.05, 3.63) is 18.2 Å². The van der Waals surface area contributed by atoms with Gasteiger partial charge in [-0.2, -0.15) is 0 Å². The van der Waals surface area contributed by atoms with Crippen LogP contribution in [0.25, 0.3) is 0 Å². The fraction of sp³-hybridized carbons (Fsp3) is 0.571. The SMILES string of the molecule is CC(C)C(CCO)Nc1cc(S(=O)(=O)N(C)C)ccc1N. The molecule has 4 N–H and O–H groups in total. The van der Waals surface area contributed by atoms with Gasteiger partial charge in [-0.1, -0.05) is 13.8 Å². The third-order valence-electron chi connectivity index (χ3n) is 3.39. The van der Waals surface area contributed by atoms with Gasteiger partial charge in [-0.25, -0.2) is 12.7 Å². The summed E-state index contributed by atoms with van der Waals surface area (Å²) in [6.07, 6.45) is 0.571. The number of sulfonamides is 1. The molecule has 6 nitrogen and oxygen atoms in total. The number of aliphatic hydroxyl groups excluding tert-OH is 1. The smallest absolute Gasteiger partial charge is 0.242 e. The Morgan fingerprint density at radius 3 is 2.43 bits per heavy atom. The normalized spacial score (nSPS) is 13.7. The van der Waals surface area contributed by atoms with Crippen LogP contribution in [0.1, 0.15) is 20.3 Å². The Kier molecular flexibility index (Phi) is 6.00. The van der Waals surface area contributed by atoms with E-state index in [-0.39, 0.29) is 23.5 Å². The average molecular weight is 315 g/mol. The monoisotopic (exact) mass is 315 g/mol. The lowest BCUT2D eigenvalue weighted by atomic mass is 10.0. The number of aliphatic hydroxyl groups is 1. The molecule has 0 heterocycles. The van der Waals surface area contributed by atoms with Crippen molar-refractivity contribution >= 4 is 21.4 Å². The minimum Gasteiger partial charge on any atom is -0.397 e. The Labute approximate surface area is 127 Å². The van der Waals surface area contributed by atoms with Gasteiger partial charge in [0.2, 0.25) is 10.0 Å². The van der Waals surface area contributed by atoms with Crippen molar-refractivity contribution < 1.29 is 13.5 Å². The molecule has 0 aliphatic carbocycles. The van der Waals surface area contributed by atoms with Gasteiger partial charge in [0.15, 0.2) is 0 Å². The third kappa shape index (κ3) is 4.33. The zero-order valence-corrected chi connectivity index (χ0v) is 13.8. The lowest BCUT2D eigenvalue weighted by Gasteiger charge is -2.24. The molecule has 1 atom stereocenters. The predicted octanol–water partition coefficient (Wildman–Crippen LogP) is 1.34. The Balaban J connectivity index is 3.14. The van der Waals surface area contributed by atoms with Gasteiger partial charge >= 0.3 is 0 Å². The van der Waals surface area contributed by atoms with Gasteiger partial charge in [-0.3, -0.25) is 0 Å². The van der Waals surface area contributed by atoms with E-state index in [2.05, 4.69) is 5.32 Å². The highest BCUT2D eigenvalue weighted by atomic mass is 32.2. The third-order valence-corrected chi connectivity index (χ3v) is 5.20. The van der Waals surface area contributed by atoms with Crippen molar-refractivity contribution in [3.63, 3.8) is 0 Å². The molecule has 0 fully saturated rings. The number of nitrogens with two attached hydrogens (primary N) is 1. The van der Waals surface area contributed by atoms with Gasteiger partial charge in [-0.15, -0.1) is 0 Å². The van der Waals surface area contributed by atoms with Gasteiger partial charge in [0.25, 0.3) is 0 Å². The zero-order valence-electron chi connectivity index (χ0n) is 13.0. The highest BCUT2D eigenvalue weighted by molar-refractivity contribution is 7.89. The standard InChI is InChI=1S/C14H25N3O3S/c1-10(2)13(7-8-18)16-14-9-11(5-6-12(14)15)21(19,20)17(3)4/h5-6,9-10,13,16,18H,7-8,15H2,1-4H3. The van der Waals surface area contributed by atoms with E-state index in [9.17, 15) is 8.42 Å². The van der Waals surface area contributed by atoms with Gasteiger partial charge in [-0.05, 0) is 30.5 Å². The zero-order chi connectivity index (χ0) is 16.2. The summed E-state index contributed by atoms with van der Waals surface area (Å²) in [7, 11) is -0.521. The number of nitrogen functional groups attached to an aromatic ring is 1. The van der Waals surface area contributed by atoms with Crippen LogP contribution in [0.5, 0.6) is 0 Å². The van der Waals surface area contributed by atoms with Crippen molar-refractivity contribution in [2.45, 2.75) is 31.2 Å². The molecule has 0 bridgehead atoms. The summed E-state index contributed by atoms with van der Waals surface area (Å²) >= 11 is 0. The molecular weight excluding hydrogens is 290 g/mol. The van der Waals surface area contributed by atoms with Gasteiger partial charge in [0.05, 0.1) is 16.3 Å². The summed E-state index contributed by atoms with van der Waals surface area (Å²) in [5.74, 6) is 0.283. The van der Waals surface area contributed by atoms with Crippen LogP contribution in [0.4, 0.5) is 11.4 Å². The van der Waals surface area contributed by atoms with Crippen molar-refractivity contribution in [2.24, 2.45) is 5.92 Å². The van der Waals surface area contributed by atoms with Gasteiger partial charge < -0.3 is 16.2 Å². The Bertz CT molecular complexity index is 571. The van der Waals surface area contributed by atoms with E-state index in [1.165, 1.54) is 26.2 Å². The second-order valence-corrected chi connectivity index (χ2v) is 7.70. The molecule has 0 aliphatic heterocycles. The Morgan fingerprint density at radius 1 is 1.33 bits per heavy atom. The van der Waals surface area contributed by atoms with Crippen LogP contribution in [-0.2, 0) is 10.0 Å². The fourth-order valence-electron chi connectivity index (χ4n) is 1.94. The summed E-state index contributed by atoms with van der Waals surface area (Å²) < 4.78 is 25.5. The molecule has 1 aromatic rings. The van der Waals surface area contributed by atoms with Crippen LogP contribution in [0.2, 0.25) is 0 Å². The molecule has 0 aromatic heterocycles. The molecular formula is C14H25N3O3S. The molecule has 0 radical (unpaired) electrons. The van der Waals surface area contributed by atoms with Gasteiger partial charge in [0.1, 0.15) is 0 Å². The maximum atomic E-state index is 12.2. The van der Waals surface area contributed by atoms with Crippen molar-refractivity contribution in [3.8, 4) is 0 Å². The number of benzene rings is 1. The Hall–Kier alpha value is -1.31. The minimum atomic E-state index is -3.50. The van der Waals surface area contributed by atoms with Crippen molar-refractivity contribution in [1.82, 2.24) is 4.31 Å². The minimum absolute atomic E-state index is 0.0228. The predicted molar refractivity (Wildman–Crippen MR) is 85.7 cm³/mol. The second-order valence-electron chi connectivity index (χ2n) is 5.54. The van der Waals surface area contributed by atoms with E-state index in [1.807, 2.05) is 13.8 Å². The summed E-state index contributed by atoms with van der Waals surface area (Å²) in [5.41, 5.74) is 6.98. The summed E-state index contributed by atoms with van der Waals surface area (Å²) in [6.45, 7) is 4.12. The molecule has 21 heavy (non-hydrogen) atoms. The average Bonchev–Trinajstić information content (AvgIpc) is 2.39. The van der Waals surface area contributed by atoms with Crippen LogP contribution >= 0.6 is 0 Å². The molecule has 120 valence electrons. The first-order valence-corrected chi connectivity index (χ1v) is 8.33. The van der Waals surface area contributed by atoms with E-state index in [1.54, 1.807) is 6.07 Å². The Morgan fingerprint density at radius 2 is 1.95 bits per heavy atom. The van der Waals surface area contributed by atoms with Crippen LogP contribution in [0, 0.1) is 5.92 Å². The number of rotatable bonds is 7. The maximum Gasteiger partial charge on any atom is 0.242 e. The van der Waals surface area contributed by atoms with E-state index >= 15 is 0 Å². The molecule has 7 heteroatoms. The largest absolute Gasteiger partial charge is 0.397 e. The number of hydrogen-bond acceptors (Lipinski definition) is 5. The molecule has 0 amide bonds. The second kappa shape index (κ2) is 7.11. The molecule has 0 aliphatic rings. The van der Waals surface area contributed by atoms with E-state index in [4.69, 9.17) is 10.8 Å². The highest BCUT2D eigenvalue weighted by Crippen LogP contribution is 2.26. The molecule has 1 rings (SSSR count). The van der Waals surface area contributed by atoms with E-state index in [0.29, 0.717) is 17.8 Å². The molecule has 0 spiro atoms. The topological polar surface area (TPSA) is 95.7 Å². The molecule has 0 saturated heterocycles. The van der Waals surface area contributed by atoms with E-state index in [0.717, 1.165) is 4.31 Å². The van der Waals surface area contributed by atoms with Crippen LogP contribution in [0.3, 0.4) is 0 Å². The number of nitrogens with one attached hydrogen (secondary N) is 1. The number of anilines is 2. The molecule has 1 unspecified atom stereocenters. The first-order chi connectivity index (χ1) is 9.70. The first kappa shape index (κ1) is 17.7. The van der Waals surface area contributed by atoms with Gasteiger partial charge in [0, 0.05) is 26.7 Å². The maximum absolute atomic E-state index is 12.2. The van der Waals surface area contributed by atoms with Crippen molar-refractivity contribution in [1.29, 1.82) is 0 Å².